The minimum absolute atomic E-state index is 0.119. The molecule has 152 valence electrons. The third-order valence-corrected chi connectivity index (χ3v) is 4.20. The Balaban J connectivity index is 1.48. The molecule has 30 heavy (non-hydrogen) atoms. The SMILES string of the molecule is C=CCc1ccccc1OCC(=O)N/N=C\c1cccc(OCc2ccccc2)c1. The summed E-state index contributed by atoms with van der Waals surface area (Å²) >= 11 is 0. The van der Waals surface area contributed by atoms with Crippen molar-refractivity contribution in [3.8, 4) is 11.5 Å². The topological polar surface area (TPSA) is 59.9 Å². The van der Waals surface area contributed by atoms with Crippen LogP contribution in [0.25, 0.3) is 0 Å². The third kappa shape index (κ3) is 6.63. The molecular formula is C25H24N2O3. The van der Waals surface area contributed by atoms with E-state index in [1.54, 1.807) is 12.3 Å². The van der Waals surface area contributed by atoms with E-state index in [0.29, 0.717) is 18.8 Å². The molecule has 0 bridgehead atoms. The molecule has 0 saturated carbocycles. The number of amides is 1. The minimum Gasteiger partial charge on any atom is -0.489 e. The van der Waals surface area contributed by atoms with Gasteiger partial charge in [0, 0.05) is 0 Å². The molecule has 0 saturated heterocycles. The Morgan fingerprint density at radius 3 is 2.60 bits per heavy atom. The molecular weight excluding hydrogens is 376 g/mol. The maximum Gasteiger partial charge on any atom is 0.277 e. The summed E-state index contributed by atoms with van der Waals surface area (Å²) in [5.41, 5.74) is 5.37. The van der Waals surface area contributed by atoms with E-state index in [4.69, 9.17) is 9.47 Å². The van der Waals surface area contributed by atoms with Gasteiger partial charge in [-0.25, -0.2) is 5.43 Å². The number of hydrazone groups is 1. The Labute approximate surface area is 176 Å². The standard InChI is InChI=1S/C25H24N2O3/c1-2-9-22-13-6-7-15-24(22)30-19-25(28)27-26-17-21-12-8-14-23(16-21)29-18-20-10-4-3-5-11-20/h2-8,10-17H,1,9,18-19H2,(H,27,28)/b26-17-. The number of ether oxygens (including phenoxy) is 2. The lowest BCUT2D eigenvalue weighted by Gasteiger charge is -2.09. The zero-order valence-corrected chi connectivity index (χ0v) is 16.7. The Kier molecular flexibility index (Phi) is 7.80. The van der Waals surface area contributed by atoms with Gasteiger partial charge in [-0.3, -0.25) is 4.79 Å². The van der Waals surface area contributed by atoms with Crippen LogP contribution in [-0.4, -0.2) is 18.7 Å². The zero-order chi connectivity index (χ0) is 21.0. The summed E-state index contributed by atoms with van der Waals surface area (Å²) < 4.78 is 11.4. The van der Waals surface area contributed by atoms with Crippen LogP contribution in [-0.2, 0) is 17.8 Å². The molecule has 0 aliphatic heterocycles. The van der Waals surface area contributed by atoms with E-state index in [9.17, 15) is 4.79 Å². The highest BCUT2D eigenvalue weighted by Crippen LogP contribution is 2.18. The van der Waals surface area contributed by atoms with Crippen molar-refractivity contribution in [2.75, 3.05) is 6.61 Å². The number of hydrogen-bond acceptors (Lipinski definition) is 4. The van der Waals surface area contributed by atoms with E-state index < -0.39 is 0 Å². The lowest BCUT2D eigenvalue weighted by atomic mass is 10.1. The van der Waals surface area contributed by atoms with Gasteiger partial charge in [-0.05, 0) is 41.3 Å². The fourth-order valence-corrected chi connectivity index (χ4v) is 2.75. The molecule has 5 nitrogen and oxygen atoms in total. The second-order valence-electron chi connectivity index (χ2n) is 6.53. The average Bonchev–Trinajstić information content (AvgIpc) is 2.78. The van der Waals surface area contributed by atoms with Crippen LogP contribution in [0.2, 0.25) is 0 Å². The highest BCUT2D eigenvalue weighted by molar-refractivity contribution is 5.83. The molecule has 0 radical (unpaired) electrons. The van der Waals surface area contributed by atoms with Crippen LogP contribution < -0.4 is 14.9 Å². The number of carbonyl (C=O) groups excluding carboxylic acids is 1. The van der Waals surface area contributed by atoms with Crippen LogP contribution in [0, 0.1) is 0 Å². The Morgan fingerprint density at radius 1 is 0.967 bits per heavy atom. The molecule has 0 heterocycles. The number of carbonyl (C=O) groups is 1. The largest absolute Gasteiger partial charge is 0.489 e. The van der Waals surface area contributed by atoms with Crippen molar-refractivity contribution in [3.63, 3.8) is 0 Å². The van der Waals surface area contributed by atoms with E-state index in [0.717, 1.165) is 22.4 Å². The number of rotatable bonds is 10. The van der Waals surface area contributed by atoms with Crippen LogP contribution in [0.3, 0.4) is 0 Å². The van der Waals surface area contributed by atoms with Gasteiger partial charge in [0.1, 0.15) is 18.1 Å². The van der Waals surface area contributed by atoms with Crippen molar-refractivity contribution >= 4 is 12.1 Å². The van der Waals surface area contributed by atoms with Gasteiger partial charge in [-0.2, -0.15) is 5.10 Å². The van der Waals surface area contributed by atoms with E-state index in [1.165, 1.54) is 0 Å². The second kappa shape index (κ2) is 11.2. The summed E-state index contributed by atoms with van der Waals surface area (Å²) in [5.74, 6) is 1.06. The van der Waals surface area contributed by atoms with Crippen molar-refractivity contribution in [1.29, 1.82) is 0 Å². The molecule has 3 aromatic carbocycles. The first-order chi connectivity index (χ1) is 14.7. The smallest absolute Gasteiger partial charge is 0.277 e. The molecule has 0 fully saturated rings. The predicted octanol–water partition coefficient (Wildman–Crippen LogP) is 4.52. The molecule has 0 atom stereocenters. The monoisotopic (exact) mass is 400 g/mol. The maximum absolute atomic E-state index is 12.0. The summed E-state index contributed by atoms with van der Waals surface area (Å²) in [7, 11) is 0. The van der Waals surface area contributed by atoms with E-state index in [-0.39, 0.29) is 12.5 Å². The Hall–Kier alpha value is -3.86. The highest BCUT2D eigenvalue weighted by atomic mass is 16.5. The fraction of sp³-hybridized carbons (Fsp3) is 0.120. The average molecular weight is 400 g/mol. The highest BCUT2D eigenvalue weighted by Gasteiger charge is 2.05. The molecule has 0 spiro atoms. The normalized spacial score (nSPS) is 10.5. The number of benzene rings is 3. The van der Waals surface area contributed by atoms with Gasteiger partial charge in [-0.15, -0.1) is 6.58 Å². The van der Waals surface area contributed by atoms with Gasteiger partial charge >= 0.3 is 0 Å². The van der Waals surface area contributed by atoms with Crippen LogP contribution >= 0.6 is 0 Å². The van der Waals surface area contributed by atoms with Crippen molar-refractivity contribution < 1.29 is 14.3 Å². The summed E-state index contributed by atoms with van der Waals surface area (Å²) in [5, 5.41) is 4.00. The lowest BCUT2D eigenvalue weighted by Crippen LogP contribution is -2.24. The molecule has 0 aliphatic carbocycles. The van der Waals surface area contributed by atoms with E-state index in [1.807, 2.05) is 78.9 Å². The maximum atomic E-state index is 12.0. The van der Waals surface area contributed by atoms with Crippen LogP contribution in [0.5, 0.6) is 11.5 Å². The Bertz CT molecular complexity index is 1000. The summed E-state index contributed by atoms with van der Waals surface area (Å²) in [4.78, 5) is 12.0. The summed E-state index contributed by atoms with van der Waals surface area (Å²) in [6.45, 7) is 4.10. The van der Waals surface area contributed by atoms with E-state index >= 15 is 0 Å². The summed E-state index contributed by atoms with van der Waals surface area (Å²) in [6, 6.07) is 25.0. The lowest BCUT2D eigenvalue weighted by molar-refractivity contribution is -0.123. The molecule has 0 unspecified atom stereocenters. The van der Waals surface area contributed by atoms with Gasteiger partial charge in [0.05, 0.1) is 6.21 Å². The van der Waals surface area contributed by atoms with Gasteiger partial charge in [0.15, 0.2) is 6.61 Å². The van der Waals surface area contributed by atoms with Crippen molar-refractivity contribution in [3.05, 3.63) is 108 Å². The van der Waals surface area contributed by atoms with Gasteiger partial charge in [0.25, 0.3) is 5.91 Å². The van der Waals surface area contributed by atoms with Crippen molar-refractivity contribution in [2.45, 2.75) is 13.0 Å². The predicted molar refractivity (Wildman–Crippen MR) is 119 cm³/mol. The zero-order valence-electron chi connectivity index (χ0n) is 16.7. The number of nitrogens with one attached hydrogen (secondary N) is 1. The van der Waals surface area contributed by atoms with Crippen molar-refractivity contribution in [1.82, 2.24) is 5.43 Å². The number of allylic oxidation sites excluding steroid dienone is 1. The molecule has 3 aromatic rings. The number of para-hydroxylation sites is 1. The van der Waals surface area contributed by atoms with E-state index in [2.05, 4.69) is 17.1 Å². The third-order valence-electron chi connectivity index (χ3n) is 4.20. The molecule has 1 N–H and O–H groups in total. The molecule has 5 heteroatoms. The van der Waals surface area contributed by atoms with Gasteiger partial charge in [-0.1, -0.05) is 66.7 Å². The first kappa shape index (κ1) is 20.9. The second-order valence-corrected chi connectivity index (χ2v) is 6.53. The summed E-state index contributed by atoms with van der Waals surface area (Å²) in [6.07, 6.45) is 4.04. The molecule has 3 rings (SSSR count). The van der Waals surface area contributed by atoms with Crippen LogP contribution in [0.1, 0.15) is 16.7 Å². The molecule has 1 amide bonds. The Morgan fingerprint density at radius 2 is 1.77 bits per heavy atom. The molecule has 0 aromatic heterocycles. The van der Waals surface area contributed by atoms with Crippen LogP contribution in [0.4, 0.5) is 0 Å². The quantitative estimate of drug-likeness (QED) is 0.309. The van der Waals surface area contributed by atoms with Gasteiger partial charge < -0.3 is 9.47 Å². The van der Waals surface area contributed by atoms with Crippen LogP contribution in [0.15, 0.2) is 96.6 Å². The first-order valence-electron chi connectivity index (χ1n) is 9.65. The first-order valence-corrected chi connectivity index (χ1v) is 9.65. The number of hydrogen-bond donors (Lipinski definition) is 1. The van der Waals surface area contributed by atoms with Crippen molar-refractivity contribution in [2.24, 2.45) is 5.10 Å². The molecule has 0 aliphatic rings. The number of nitrogens with zero attached hydrogens (tertiary/aromatic N) is 1. The fourth-order valence-electron chi connectivity index (χ4n) is 2.75. The minimum atomic E-state index is -0.337. The van der Waals surface area contributed by atoms with Gasteiger partial charge in [0.2, 0.25) is 0 Å².